The van der Waals surface area contributed by atoms with Crippen LogP contribution in [0.5, 0.6) is 5.75 Å². The van der Waals surface area contributed by atoms with Crippen molar-refractivity contribution in [3.8, 4) is 5.75 Å². The van der Waals surface area contributed by atoms with E-state index in [2.05, 4.69) is 0 Å². The van der Waals surface area contributed by atoms with Gasteiger partial charge in [-0.1, -0.05) is 23.2 Å². The molecule has 0 radical (unpaired) electrons. The highest BCUT2D eigenvalue weighted by atomic mass is 35.5. The smallest absolute Gasteiger partial charge is 0.283 e. The molecule has 2 amide bonds. The van der Waals surface area contributed by atoms with Crippen LogP contribution in [0.4, 0.5) is 5.69 Å². The topological polar surface area (TPSA) is 49.9 Å². The summed E-state index contributed by atoms with van der Waals surface area (Å²) in [6, 6.07) is 4.78. The number of halogens is 2. The Morgan fingerprint density at radius 2 is 1.74 bits per heavy atom. The number of methoxy groups -OCH3 is 1. The lowest BCUT2D eigenvalue weighted by Gasteiger charge is -2.29. The van der Waals surface area contributed by atoms with Crippen LogP contribution in [-0.4, -0.2) is 36.9 Å². The maximum Gasteiger partial charge on any atom is 0.283 e. The van der Waals surface area contributed by atoms with Crippen LogP contribution < -0.4 is 9.64 Å². The molecule has 2 aliphatic heterocycles. The van der Waals surface area contributed by atoms with Crippen LogP contribution in [0, 0.1) is 0 Å². The Bertz CT molecular complexity index is 697. The highest BCUT2D eigenvalue weighted by molar-refractivity contribution is 6.52. The van der Waals surface area contributed by atoms with Gasteiger partial charge in [-0.05, 0) is 37.5 Å². The first-order valence-corrected chi connectivity index (χ1v) is 8.17. The molecule has 0 saturated carbocycles. The molecule has 1 fully saturated rings. The second-order valence-corrected chi connectivity index (χ2v) is 6.29. The molecular weight excluding hydrogens is 339 g/mol. The summed E-state index contributed by atoms with van der Waals surface area (Å²) in [6.07, 6.45) is 3.08. The zero-order valence-corrected chi connectivity index (χ0v) is 14.2. The van der Waals surface area contributed by atoms with E-state index in [9.17, 15) is 9.59 Å². The van der Waals surface area contributed by atoms with Crippen LogP contribution in [0.1, 0.15) is 19.3 Å². The zero-order chi connectivity index (χ0) is 16.6. The van der Waals surface area contributed by atoms with E-state index in [0.29, 0.717) is 16.5 Å². The Morgan fingerprint density at radius 3 is 2.39 bits per heavy atom. The number of nitrogens with zero attached hydrogens (tertiary/aromatic N) is 2. The molecule has 0 aromatic heterocycles. The van der Waals surface area contributed by atoms with Gasteiger partial charge in [0.25, 0.3) is 11.8 Å². The van der Waals surface area contributed by atoms with Crippen molar-refractivity contribution in [3.05, 3.63) is 34.0 Å². The van der Waals surface area contributed by atoms with Gasteiger partial charge in [0.2, 0.25) is 0 Å². The van der Waals surface area contributed by atoms with Gasteiger partial charge in [0.1, 0.15) is 16.5 Å². The van der Waals surface area contributed by atoms with Gasteiger partial charge in [0.05, 0.1) is 12.8 Å². The normalized spacial score (nSPS) is 18.9. The predicted molar refractivity (Wildman–Crippen MR) is 88.8 cm³/mol. The second kappa shape index (κ2) is 6.42. The molecule has 1 aromatic rings. The van der Waals surface area contributed by atoms with Gasteiger partial charge in [-0.2, -0.15) is 0 Å². The van der Waals surface area contributed by atoms with Crippen molar-refractivity contribution in [2.24, 2.45) is 0 Å². The van der Waals surface area contributed by atoms with Crippen molar-refractivity contribution in [1.29, 1.82) is 0 Å². The van der Waals surface area contributed by atoms with E-state index in [1.165, 1.54) is 13.2 Å². The van der Waals surface area contributed by atoms with Gasteiger partial charge in [-0.15, -0.1) is 0 Å². The van der Waals surface area contributed by atoms with Crippen LogP contribution >= 0.6 is 23.2 Å². The van der Waals surface area contributed by atoms with Crippen LogP contribution in [-0.2, 0) is 9.59 Å². The van der Waals surface area contributed by atoms with Crippen LogP contribution in [0.3, 0.4) is 0 Å². The fraction of sp³-hybridized carbons (Fsp3) is 0.375. The van der Waals surface area contributed by atoms with Crippen molar-refractivity contribution in [1.82, 2.24) is 4.90 Å². The molecule has 2 heterocycles. The number of likely N-dealkylation sites (tertiary alicyclic amines) is 1. The summed E-state index contributed by atoms with van der Waals surface area (Å²) in [7, 11) is 1.47. The Balaban J connectivity index is 1.99. The van der Waals surface area contributed by atoms with Crippen molar-refractivity contribution >= 4 is 40.7 Å². The third-order valence-electron chi connectivity index (χ3n) is 4.06. The molecule has 0 unspecified atom stereocenters. The van der Waals surface area contributed by atoms with E-state index in [4.69, 9.17) is 27.9 Å². The summed E-state index contributed by atoms with van der Waals surface area (Å²) in [5, 5.41) is 0.364. The first-order chi connectivity index (χ1) is 11.0. The number of hydrogen-bond donors (Lipinski definition) is 0. The number of imide groups is 1. The van der Waals surface area contributed by atoms with Gasteiger partial charge in [-0.3, -0.25) is 9.59 Å². The number of carbonyl (C=O) groups is 2. The van der Waals surface area contributed by atoms with Gasteiger partial charge < -0.3 is 9.64 Å². The minimum absolute atomic E-state index is 0.0427. The monoisotopic (exact) mass is 354 g/mol. The summed E-state index contributed by atoms with van der Waals surface area (Å²) in [4.78, 5) is 28.3. The molecule has 3 rings (SSSR count). The Morgan fingerprint density at radius 1 is 1.04 bits per heavy atom. The predicted octanol–water partition coefficient (Wildman–Crippen LogP) is 3.16. The van der Waals surface area contributed by atoms with Crippen molar-refractivity contribution in [2.75, 3.05) is 25.1 Å². The third-order valence-corrected chi connectivity index (χ3v) is 4.63. The van der Waals surface area contributed by atoms with E-state index in [-0.39, 0.29) is 10.7 Å². The molecule has 0 aliphatic carbocycles. The Hall–Kier alpha value is -1.72. The molecular formula is C16H16Cl2N2O3. The summed E-state index contributed by atoms with van der Waals surface area (Å²) >= 11 is 12.2. The highest BCUT2D eigenvalue weighted by Gasteiger charge is 2.42. The zero-order valence-electron chi connectivity index (χ0n) is 12.6. The molecule has 1 aromatic carbocycles. The summed E-state index contributed by atoms with van der Waals surface area (Å²) in [6.45, 7) is 1.45. The molecule has 5 nitrogen and oxygen atoms in total. The molecule has 2 aliphatic rings. The lowest BCUT2D eigenvalue weighted by atomic mass is 10.1. The van der Waals surface area contributed by atoms with Gasteiger partial charge >= 0.3 is 0 Å². The molecule has 1 saturated heterocycles. The largest absolute Gasteiger partial charge is 0.495 e. The van der Waals surface area contributed by atoms with Gasteiger partial charge in [-0.25, -0.2) is 4.90 Å². The fourth-order valence-electron chi connectivity index (χ4n) is 2.94. The van der Waals surface area contributed by atoms with E-state index < -0.39 is 11.8 Å². The number of carbonyl (C=O) groups excluding carboxylic acids is 2. The van der Waals surface area contributed by atoms with Gasteiger partial charge in [0.15, 0.2) is 0 Å². The Kier molecular flexibility index (Phi) is 4.50. The van der Waals surface area contributed by atoms with Crippen molar-refractivity contribution < 1.29 is 14.3 Å². The summed E-state index contributed by atoms with van der Waals surface area (Å²) in [5.74, 6) is -0.583. The standard InChI is InChI=1S/C16H16Cl2N2O3/c1-23-12-6-5-10(17)9-11(12)20-15(21)13(18)14(16(20)22)19-7-3-2-4-8-19/h5-6,9H,2-4,7-8H2,1H3. The lowest BCUT2D eigenvalue weighted by Crippen LogP contribution is -2.37. The first-order valence-electron chi connectivity index (χ1n) is 7.41. The van der Waals surface area contributed by atoms with Crippen LogP contribution in [0.25, 0.3) is 0 Å². The van der Waals surface area contributed by atoms with Crippen LogP contribution in [0.2, 0.25) is 5.02 Å². The molecule has 23 heavy (non-hydrogen) atoms. The molecule has 0 N–H and O–H groups in total. The average molecular weight is 355 g/mol. The number of rotatable bonds is 3. The first kappa shape index (κ1) is 16.1. The van der Waals surface area contributed by atoms with E-state index in [1.807, 2.05) is 4.90 Å². The Labute approximate surface area is 144 Å². The maximum atomic E-state index is 12.8. The molecule has 7 heteroatoms. The summed E-state index contributed by atoms with van der Waals surface area (Å²) < 4.78 is 5.25. The van der Waals surface area contributed by atoms with Crippen molar-refractivity contribution in [2.45, 2.75) is 19.3 Å². The third kappa shape index (κ3) is 2.79. The fourth-order valence-corrected chi connectivity index (χ4v) is 3.39. The lowest BCUT2D eigenvalue weighted by molar-refractivity contribution is -0.121. The highest BCUT2D eigenvalue weighted by Crippen LogP contribution is 2.38. The molecule has 0 atom stereocenters. The number of hydrogen-bond acceptors (Lipinski definition) is 4. The number of benzene rings is 1. The minimum Gasteiger partial charge on any atom is -0.495 e. The quantitative estimate of drug-likeness (QED) is 0.782. The summed E-state index contributed by atoms with van der Waals surface area (Å²) in [5.41, 5.74) is 0.582. The minimum atomic E-state index is -0.544. The van der Waals surface area contributed by atoms with Crippen molar-refractivity contribution in [3.63, 3.8) is 0 Å². The maximum absolute atomic E-state index is 12.8. The average Bonchev–Trinajstić information content (AvgIpc) is 2.78. The number of ether oxygens (including phenoxy) is 1. The van der Waals surface area contributed by atoms with Crippen LogP contribution in [0.15, 0.2) is 28.9 Å². The van der Waals surface area contributed by atoms with E-state index in [0.717, 1.165) is 37.3 Å². The second-order valence-electron chi connectivity index (χ2n) is 5.47. The number of anilines is 1. The molecule has 122 valence electrons. The molecule has 0 bridgehead atoms. The van der Waals surface area contributed by atoms with E-state index in [1.54, 1.807) is 12.1 Å². The number of amides is 2. The SMILES string of the molecule is COc1ccc(Cl)cc1N1C(=O)C(Cl)=C(N2CCCCC2)C1=O. The van der Waals surface area contributed by atoms with E-state index >= 15 is 0 Å². The molecule has 0 spiro atoms. The number of piperidine rings is 1. The van der Waals surface area contributed by atoms with Gasteiger partial charge in [0, 0.05) is 18.1 Å².